The van der Waals surface area contributed by atoms with Gasteiger partial charge in [0.2, 0.25) is 5.91 Å². The third kappa shape index (κ3) is 5.15. The Kier molecular flexibility index (Phi) is 6.29. The SMILES string of the molecule is Cc1nc2cc([C@H]3CCN(Cc4ccncc4)C3)nn2c(C)c1CCC(=O)NC(C)(C)C. The lowest BCUT2D eigenvalue weighted by Crippen LogP contribution is -2.40. The number of rotatable bonds is 6. The van der Waals surface area contributed by atoms with Crippen LogP contribution in [0.2, 0.25) is 0 Å². The van der Waals surface area contributed by atoms with E-state index in [9.17, 15) is 4.79 Å². The number of aryl methyl sites for hydroxylation is 2. The minimum absolute atomic E-state index is 0.0674. The summed E-state index contributed by atoms with van der Waals surface area (Å²) in [4.78, 5) is 23.7. The van der Waals surface area contributed by atoms with E-state index in [2.05, 4.69) is 40.3 Å². The highest BCUT2D eigenvalue weighted by molar-refractivity contribution is 5.77. The molecule has 4 heterocycles. The third-order valence-electron chi connectivity index (χ3n) is 6.15. The Morgan fingerprint density at radius 3 is 2.69 bits per heavy atom. The van der Waals surface area contributed by atoms with Gasteiger partial charge in [-0.15, -0.1) is 0 Å². The number of pyridine rings is 1. The second-order valence-electron chi connectivity index (χ2n) is 9.97. The first-order valence-electron chi connectivity index (χ1n) is 11.5. The quantitative estimate of drug-likeness (QED) is 0.642. The normalized spacial score (nSPS) is 17.2. The molecule has 3 aromatic rings. The molecule has 1 aliphatic rings. The van der Waals surface area contributed by atoms with Crippen molar-refractivity contribution in [3.63, 3.8) is 0 Å². The number of amides is 1. The van der Waals surface area contributed by atoms with E-state index in [1.807, 2.05) is 44.6 Å². The zero-order chi connectivity index (χ0) is 22.9. The van der Waals surface area contributed by atoms with E-state index in [1.54, 1.807) is 0 Å². The Morgan fingerprint density at radius 2 is 1.97 bits per heavy atom. The number of carbonyl (C=O) groups excluding carboxylic acids is 1. The van der Waals surface area contributed by atoms with Crippen molar-refractivity contribution in [1.82, 2.24) is 29.8 Å². The molecule has 7 nitrogen and oxygen atoms in total. The van der Waals surface area contributed by atoms with E-state index >= 15 is 0 Å². The largest absolute Gasteiger partial charge is 0.351 e. The highest BCUT2D eigenvalue weighted by atomic mass is 16.1. The van der Waals surface area contributed by atoms with Crippen LogP contribution < -0.4 is 5.32 Å². The first kappa shape index (κ1) is 22.4. The summed E-state index contributed by atoms with van der Waals surface area (Å²) in [7, 11) is 0. The van der Waals surface area contributed by atoms with Crippen molar-refractivity contribution in [3.8, 4) is 0 Å². The minimum Gasteiger partial charge on any atom is -0.351 e. The fourth-order valence-electron chi connectivity index (χ4n) is 4.59. The molecule has 7 heteroatoms. The van der Waals surface area contributed by atoms with Gasteiger partial charge in [0, 0.05) is 60.8 Å². The van der Waals surface area contributed by atoms with Crippen LogP contribution in [0.4, 0.5) is 0 Å². The monoisotopic (exact) mass is 434 g/mol. The molecule has 0 bridgehead atoms. The van der Waals surface area contributed by atoms with Crippen LogP contribution in [0.1, 0.15) is 67.7 Å². The first-order chi connectivity index (χ1) is 15.2. The number of hydrogen-bond donors (Lipinski definition) is 1. The average molecular weight is 435 g/mol. The Bertz CT molecular complexity index is 1100. The number of nitrogens with one attached hydrogen (secondary N) is 1. The van der Waals surface area contributed by atoms with Crippen LogP contribution in [0, 0.1) is 13.8 Å². The Labute approximate surface area is 190 Å². The fourth-order valence-corrected chi connectivity index (χ4v) is 4.59. The van der Waals surface area contributed by atoms with Gasteiger partial charge in [-0.1, -0.05) is 0 Å². The summed E-state index contributed by atoms with van der Waals surface area (Å²) in [6.07, 6.45) is 5.93. The van der Waals surface area contributed by atoms with Crippen molar-refractivity contribution in [2.75, 3.05) is 13.1 Å². The second kappa shape index (κ2) is 8.98. The molecule has 1 N–H and O–H groups in total. The number of likely N-dealkylation sites (tertiary alicyclic amines) is 1. The summed E-state index contributed by atoms with van der Waals surface area (Å²) in [5, 5.41) is 7.98. The third-order valence-corrected chi connectivity index (χ3v) is 6.15. The van der Waals surface area contributed by atoms with Gasteiger partial charge in [-0.2, -0.15) is 5.10 Å². The Balaban J connectivity index is 1.47. The van der Waals surface area contributed by atoms with E-state index in [0.29, 0.717) is 18.8 Å². The Hall–Kier alpha value is -2.80. The number of hydrogen-bond acceptors (Lipinski definition) is 5. The molecule has 0 spiro atoms. The smallest absolute Gasteiger partial charge is 0.220 e. The Morgan fingerprint density at radius 1 is 1.22 bits per heavy atom. The molecule has 0 aromatic carbocycles. The molecule has 0 radical (unpaired) electrons. The van der Waals surface area contributed by atoms with Gasteiger partial charge in [0.25, 0.3) is 0 Å². The molecule has 170 valence electrons. The molecule has 4 rings (SSSR count). The van der Waals surface area contributed by atoms with E-state index in [1.165, 1.54) is 5.56 Å². The topological polar surface area (TPSA) is 75.4 Å². The number of carbonyl (C=O) groups is 1. The van der Waals surface area contributed by atoms with Gasteiger partial charge in [0.15, 0.2) is 5.65 Å². The fraction of sp³-hybridized carbons (Fsp3) is 0.520. The van der Waals surface area contributed by atoms with E-state index in [0.717, 1.165) is 54.3 Å². The number of fused-ring (bicyclic) bond motifs is 1. The van der Waals surface area contributed by atoms with E-state index in [-0.39, 0.29) is 11.4 Å². The molecule has 0 aliphatic carbocycles. The van der Waals surface area contributed by atoms with Crippen molar-refractivity contribution in [3.05, 3.63) is 58.8 Å². The van der Waals surface area contributed by atoms with Crippen LogP contribution >= 0.6 is 0 Å². The molecule has 0 unspecified atom stereocenters. The summed E-state index contributed by atoms with van der Waals surface area (Å²) in [5.41, 5.74) is 6.26. The molecular weight excluding hydrogens is 400 g/mol. The van der Waals surface area contributed by atoms with E-state index in [4.69, 9.17) is 10.1 Å². The van der Waals surface area contributed by atoms with Crippen LogP contribution in [-0.4, -0.2) is 49.0 Å². The standard InChI is InChI=1S/C25H34N6O/c1-17-21(6-7-24(32)28-25(3,4)5)18(2)31-23(27-17)14-22(29-31)20-10-13-30(16-20)15-19-8-11-26-12-9-19/h8-9,11-12,14,20H,6-7,10,13,15-16H2,1-5H3,(H,28,32)/t20-/m0/s1. The molecule has 1 fully saturated rings. The van der Waals surface area contributed by atoms with Crippen LogP contribution in [0.25, 0.3) is 5.65 Å². The maximum absolute atomic E-state index is 12.3. The van der Waals surface area contributed by atoms with Gasteiger partial charge in [0.05, 0.1) is 5.69 Å². The van der Waals surface area contributed by atoms with Gasteiger partial charge in [-0.3, -0.25) is 14.7 Å². The van der Waals surface area contributed by atoms with Gasteiger partial charge < -0.3 is 5.32 Å². The summed E-state index contributed by atoms with van der Waals surface area (Å²) in [5.74, 6) is 0.483. The highest BCUT2D eigenvalue weighted by Gasteiger charge is 2.27. The first-order valence-corrected chi connectivity index (χ1v) is 11.5. The number of aromatic nitrogens is 4. The summed E-state index contributed by atoms with van der Waals surface area (Å²) < 4.78 is 1.96. The maximum Gasteiger partial charge on any atom is 0.220 e. The molecule has 1 saturated heterocycles. The lowest BCUT2D eigenvalue weighted by Gasteiger charge is -2.20. The van der Waals surface area contributed by atoms with Gasteiger partial charge in [0.1, 0.15) is 0 Å². The molecule has 0 saturated carbocycles. The second-order valence-corrected chi connectivity index (χ2v) is 9.97. The summed E-state index contributed by atoms with van der Waals surface area (Å²) in [6, 6.07) is 6.30. The number of nitrogens with zero attached hydrogens (tertiary/aromatic N) is 5. The zero-order valence-corrected chi connectivity index (χ0v) is 19.9. The molecule has 32 heavy (non-hydrogen) atoms. The van der Waals surface area contributed by atoms with Crippen LogP contribution in [0.5, 0.6) is 0 Å². The van der Waals surface area contributed by atoms with E-state index < -0.39 is 0 Å². The molecule has 1 aliphatic heterocycles. The van der Waals surface area contributed by atoms with Crippen molar-refractivity contribution in [1.29, 1.82) is 0 Å². The summed E-state index contributed by atoms with van der Waals surface area (Å²) >= 11 is 0. The average Bonchev–Trinajstić information content (AvgIpc) is 3.34. The van der Waals surface area contributed by atoms with Crippen molar-refractivity contribution >= 4 is 11.6 Å². The molecular formula is C25H34N6O. The van der Waals surface area contributed by atoms with Crippen molar-refractivity contribution in [2.45, 2.75) is 71.9 Å². The maximum atomic E-state index is 12.3. The minimum atomic E-state index is -0.215. The molecule has 1 amide bonds. The molecule has 1 atom stereocenters. The highest BCUT2D eigenvalue weighted by Crippen LogP contribution is 2.29. The van der Waals surface area contributed by atoms with Crippen LogP contribution in [0.15, 0.2) is 30.6 Å². The van der Waals surface area contributed by atoms with Gasteiger partial charge in [-0.05, 0) is 77.3 Å². The lowest BCUT2D eigenvalue weighted by molar-refractivity contribution is -0.122. The predicted octanol–water partition coefficient (Wildman–Crippen LogP) is 3.58. The van der Waals surface area contributed by atoms with Crippen LogP contribution in [-0.2, 0) is 17.8 Å². The summed E-state index contributed by atoms with van der Waals surface area (Å²) in [6.45, 7) is 13.1. The van der Waals surface area contributed by atoms with Crippen LogP contribution in [0.3, 0.4) is 0 Å². The van der Waals surface area contributed by atoms with Crippen molar-refractivity contribution < 1.29 is 4.79 Å². The van der Waals surface area contributed by atoms with Crippen molar-refractivity contribution in [2.24, 2.45) is 0 Å². The lowest BCUT2D eigenvalue weighted by atomic mass is 10.0. The van der Waals surface area contributed by atoms with Gasteiger partial charge in [-0.25, -0.2) is 9.50 Å². The molecule has 3 aromatic heterocycles. The van der Waals surface area contributed by atoms with Gasteiger partial charge >= 0.3 is 0 Å². The zero-order valence-electron chi connectivity index (χ0n) is 19.9. The predicted molar refractivity (Wildman–Crippen MR) is 126 cm³/mol.